The van der Waals surface area contributed by atoms with Gasteiger partial charge in [-0.1, -0.05) is 26.7 Å². The third kappa shape index (κ3) is 4.66. The average molecular weight is 151 g/mol. The van der Waals surface area contributed by atoms with Crippen LogP contribution < -0.4 is 0 Å². The summed E-state index contributed by atoms with van der Waals surface area (Å²) in [5.41, 5.74) is 0. The van der Waals surface area contributed by atoms with Gasteiger partial charge in [-0.15, -0.1) is 0 Å². The van der Waals surface area contributed by atoms with Crippen LogP contribution in [0.25, 0.3) is 0 Å². The van der Waals surface area contributed by atoms with Crippen LogP contribution in [0.1, 0.15) is 26.7 Å². The highest BCUT2D eigenvalue weighted by Gasteiger charge is 2.01. The molecule has 0 aromatic rings. The number of halogens is 1. The van der Waals surface area contributed by atoms with E-state index in [1.807, 2.05) is 0 Å². The van der Waals surface area contributed by atoms with Crippen molar-refractivity contribution in [1.29, 1.82) is 0 Å². The van der Waals surface area contributed by atoms with Crippen molar-refractivity contribution < 1.29 is 0 Å². The molecule has 0 aromatic carbocycles. The lowest BCUT2D eigenvalue weighted by atomic mass is 10.6. The molecule has 0 rings (SSSR count). The van der Waals surface area contributed by atoms with Gasteiger partial charge < -0.3 is 0 Å². The summed E-state index contributed by atoms with van der Waals surface area (Å²) in [6.45, 7) is 4.41. The molecule has 0 saturated heterocycles. The van der Waals surface area contributed by atoms with E-state index in [4.69, 9.17) is 11.1 Å². The van der Waals surface area contributed by atoms with E-state index >= 15 is 0 Å². The smallest absolute Gasteiger partial charge is 0.141 e. The molecule has 0 aliphatic rings. The van der Waals surface area contributed by atoms with Gasteiger partial charge in [0.1, 0.15) is 8.11 Å². The van der Waals surface area contributed by atoms with Gasteiger partial charge in [-0.2, -0.15) is 11.1 Å². The van der Waals surface area contributed by atoms with Gasteiger partial charge in [0.15, 0.2) is 0 Å². The van der Waals surface area contributed by atoms with Crippen LogP contribution in [0.4, 0.5) is 0 Å². The van der Waals surface area contributed by atoms with Crippen molar-refractivity contribution in [2.24, 2.45) is 0 Å². The fraction of sp³-hybridized carbons (Fsp3) is 1.00. The van der Waals surface area contributed by atoms with Crippen molar-refractivity contribution in [2.75, 3.05) is 0 Å². The van der Waals surface area contributed by atoms with E-state index in [0.29, 0.717) is 0 Å². The molecular formula is C6H15ClSi. The average Bonchev–Trinajstić information content (AvgIpc) is 1.68. The van der Waals surface area contributed by atoms with Gasteiger partial charge in [0.05, 0.1) is 0 Å². The summed E-state index contributed by atoms with van der Waals surface area (Å²) in [7, 11) is -0.730. The van der Waals surface area contributed by atoms with Crippen LogP contribution in [0, 0.1) is 0 Å². The maximum absolute atomic E-state index is 6.02. The van der Waals surface area contributed by atoms with E-state index in [1.54, 1.807) is 0 Å². The van der Waals surface area contributed by atoms with Gasteiger partial charge in [-0.25, -0.2) is 0 Å². The van der Waals surface area contributed by atoms with Crippen molar-refractivity contribution in [3.05, 3.63) is 0 Å². The molecule has 8 heavy (non-hydrogen) atoms. The molecule has 0 heterocycles. The molecule has 50 valence electrons. The molecule has 0 aliphatic heterocycles. The Labute approximate surface area is 58.6 Å². The number of hydrogen-bond donors (Lipinski definition) is 0. The molecule has 2 heteroatoms. The van der Waals surface area contributed by atoms with Crippen LogP contribution in [0.5, 0.6) is 0 Å². The molecule has 0 bridgehead atoms. The zero-order chi connectivity index (χ0) is 6.41. The minimum Gasteiger partial charge on any atom is -0.172 e. The first-order valence-electron chi connectivity index (χ1n) is 3.45. The topological polar surface area (TPSA) is 0 Å². The fourth-order valence-corrected chi connectivity index (χ4v) is 3.62. The van der Waals surface area contributed by atoms with E-state index in [1.165, 1.54) is 24.9 Å². The maximum Gasteiger partial charge on any atom is 0.141 e. The lowest BCUT2D eigenvalue weighted by Crippen LogP contribution is -1.99. The fourth-order valence-electron chi connectivity index (χ4n) is 0.771. The first-order valence-corrected chi connectivity index (χ1v) is 6.83. The normalized spacial score (nSPS) is 10.5. The molecule has 0 aliphatic carbocycles. The van der Waals surface area contributed by atoms with Crippen LogP contribution in [-0.4, -0.2) is 8.11 Å². The Kier molecular flexibility index (Phi) is 6.00. The SMILES string of the molecule is CCC[SiH](Cl)CCC. The Morgan fingerprint density at radius 2 is 1.50 bits per heavy atom. The summed E-state index contributed by atoms with van der Waals surface area (Å²) in [5.74, 6) is 0. The highest BCUT2D eigenvalue weighted by molar-refractivity contribution is 7.06. The number of rotatable bonds is 4. The lowest BCUT2D eigenvalue weighted by Gasteiger charge is -2.00. The molecule has 0 amide bonds. The Hall–Kier alpha value is 0.507. The van der Waals surface area contributed by atoms with Crippen LogP contribution in [-0.2, 0) is 0 Å². The molecule has 0 fully saturated rings. The van der Waals surface area contributed by atoms with E-state index in [9.17, 15) is 0 Å². The van der Waals surface area contributed by atoms with Crippen molar-refractivity contribution in [2.45, 2.75) is 38.8 Å². The van der Waals surface area contributed by atoms with Gasteiger partial charge in [0.25, 0.3) is 0 Å². The zero-order valence-corrected chi connectivity index (χ0v) is 7.69. The Bertz CT molecular complexity index is 41.8. The minimum atomic E-state index is -0.730. The van der Waals surface area contributed by atoms with Crippen LogP contribution in [0.15, 0.2) is 0 Å². The van der Waals surface area contributed by atoms with Crippen molar-refractivity contribution in [1.82, 2.24) is 0 Å². The molecule has 0 N–H and O–H groups in total. The van der Waals surface area contributed by atoms with Crippen LogP contribution >= 0.6 is 11.1 Å². The quantitative estimate of drug-likeness (QED) is 0.427. The summed E-state index contributed by atoms with van der Waals surface area (Å²) in [6, 6.07) is 2.63. The molecule has 0 spiro atoms. The van der Waals surface area contributed by atoms with Crippen molar-refractivity contribution in [3.8, 4) is 0 Å². The van der Waals surface area contributed by atoms with Crippen molar-refractivity contribution >= 4 is 19.2 Å². The van der Waals surface area contributed by atoms with Gasteiger partial charge in [0.2, 0.25) is 0 Å². The summed E-state index contributed by atoms with van der Waals surface area (Å²) >= 11 is 6.02. The second-order valence-electron chi connectivity index (χ2n) is 2.17. The molecule has 0 nitrogen and oxygen atoms in total. The largest absolute Gasteiger partial charge is 0.172 e. The Morgan fingerprint density at radius 1 is 1.12 bits per heavy atom. The number of hydrogen-bond acceptors (Lipinski definition) is 0. The third-order valence-electron chi connectivity index (χ3n) is 1.20. The minimum absolute atomic E-state index is 0.730. The highest BCUT2D eigenvalue weighted by Crippen LogP contribution is 2.08. The van der Waals surface area contributed by atoms with Crippen molar-refractivity contribution in [3.63, 3.8) is 0 Å². The summed E-state index contributed by atoms with van der Waals surface area (Å²) < 4.78 is 0. The lowest BCUT2D eigenvalue weighted by molar-refractivity contribution is 1.02. The summed E-state index contributed by atoms with van der Waals surface area (Å²) in [4.78, 5) is 0. The first-order chi connectivity index (χ1) is 3.81. The Morgan fingerprint density at radius 3 is 1.75 bits per heavy atom. The highest BCUT2D eigenvalue weighted by atomic mass is 35.6. The second-order valence-corrected chi connectivity index (χ2v) is 6.38. The second kappa shape index (κ2) is 5.64. The molecule has 0 atom stereocenters. The third-order valence-corrected chi connectivity index (χ3v) is 4.92. The van der Waals surface area contributed by atoms with Crippen LogP contribution in [0.2, 0.25) is 12.1 Å². The zero-order valence-electron chi connectivity index (χ0n) is 5.78. The molecule has 0 unspecified atom stereocenters. The van der Waals surface area contributed by atoms with E-state index in [2.05, 4.69) is 13.8 Å². The molecular weight excluding hydrogens is 136 g/mol. The Balaban J connectivity index is 2.92. The predicted octanol–water partition coefficient (Wildman–Crippen LogP) is 2.77. The monoisotopic (exact) mass is 150 g/mol. The van der Waals surface area contributed by atoms with E-state index in [0.717, 1.165) is 0 Å². The maximum atomic E-state index is 6.02. The van der Waals surface area contributed by atoms with Gasteiger partial charge in [-0.3, -0.25) is 0 Å². The molecule has 0 saturated carbocycles. The van der Waals surface area contributed by atoms with E-state index in [-0.39, 0.29) is 0 Å². The van der Waals surface area contributed by atoms with E-state index < -0.39 is 8.11 Å². The molecule has 0 radical (unpaired) electrons. The van der Waals surface area contributed by atoms with Crippen LogP contribution in [0.3, 0.4) is 0 Å². The standard InChI is InChI=1S/C6H15ClSi/c1-3-5-8(7)6-4-2/h8H,3-6H2,1-2H3. The summed E-state index contributed by atoms with van der Waals surface area (Å²) in [5, 5.41) is 0. The van der Waals surface area contributed by atoms with Gasteiger partial charge >= 0.3 is 0 Å². The summed E-state index contributed by atoms with van der Waals surface area (Å²) in [6.07, 6.45) is 2.56. The first kappa shape index (κ1) is 8.51. The van der Waals surface area contributed by atoms with Gasteiger partial charge in [-0.05, 0) is 12.1 Å². The van der Waals surface area contributed by atoms with Gasteiger partial charge in [0, 0.05) is 0 Å². The predicted molar refractivity (Wildman–Crippen MR) is 43.2 cm³/mol. The molecule has 0 aromatic heterocycles.